The van der Waals surface area contributed by atoms with Gasteiger partial charge in [0.05, 0.1) is 0 Å². The Morgan fingerprint density at radius 3 is 2.73 bits per heavy atom. The van der Waals surface area contributed by atoms with E-state index < -0.39 is 0 Å². The van der Waals surface area contributed by atoms with E-state index in [0.29, 0.717) is 5.92 Å². The summed E-state index contributed by atoms with van der Waals surface area (Å²) in [6.07, 6.45) is 1.99. The van der Waals surface area contributed by atoms with Crippen LogP contribution in [0.5, 0.6) is 0 Å². The summed E-state index contributed by atoms with van der Waals surface area (Å²) in [6.45, 7) is 6.39. The summed E-state index contributed by atoms with van der Waals surface area (Å²) in [5.41, 5.74) is 2.66. The van der Waals surface area contributed by atoms with E-state index in [0.717, 1.165) is 12.8 Å². The topological polar surface area (TPSA) is 0 Å². The average Bonchev–Trinajstić information content (AvgIpc) is 2.20. The predicted molar refractivity (Wildman–Crippen MR) is 69.8 cm³/mol. The van der Waals surface area contributed by atoms with Crippen molar-refractivity contribution in [2.24, 2.45) is 5.92 Å². The van der Waals surface area contributed by atoms with E-state index in [1.807, 2.05) is 0 Å². The van der Waals surface area contributed by atoms with Crippen LogP contribution in [0.1, 0.15) is 31.4 Å². The van der Waals surface area contributed by atoms with Gasteiger partial charge in [-0.25, -0.2) is 0 Å². The lowest BCUT2D eigenvalue weighted by molar-refractivity contribution is 0.748. The van der Waals surface area contributed by atoms with Crippen LogP contribution in [-0.2, 0) is 6.42 Å². The Labute approximate surface area is 101 Å². The molecule has 0 spiro atoms. The highest BCUT2D eigenvalue weighted by molar-refractivity contribution is 9.10. The summed E-state index contributed by atoms with van der Waals surface area (Å²) < 4.78 is 1.18. The van der Waals surface area contributed by atoms with Gasteiger partial charge in [0.1, 0.15) is 0 Å². The van der Waals surface area contributed by atoms with Gasteiger partial charge in [0.2, 0.25) is 0 Å². The van der Waals surface area contributed by atoms with Gasteiger partial charge < -0.3 is 0 Å². The maximum atomic E-state index is 3.51. The molecule has 1 aromatic carbocycles. The maximum Gasteiger partial charge on any atom is 0.0214 e. The summed E-state index contributed by atoms with van der Waals surface area (Å²) in [5, 5.41) is 0. The van der Waals surface area contributed by atoms with Crippen LogP contribution in [-0.4, -0.2) is 0 Å². The molecule has 0 aliphatic heterocycles. The molecule has 15 heavy (non-hydrogen) atoms. The third-order valence-electron chi connectivity index (χ3n) is 2.29. The molecule has 80 valence electrons. The normalized spacial score (nSPS) is 11.7. The van der Waals surface area contributed by atoms with Gasteiger partial charge in [0.15, 0.2) is 0 Å². The van der Waals surface area contributed by atoms with Crippen molar-refractivity contribution in [3.05, 3.63) is 33.8 Å². The SMILES string of the molecule is CCC#CC(C)Cc1ccc(Br)c(C)c1. The van der Waals surface area contributed by atoms with Gasteiger partial charge in [-0.15, -0.1) is 5.92 Å². The lowest BCUT2D eigenvalue weighted by Crippen LogP contribution is -1.97. The molecule has 1 atom stereocenters. The highest BCUT2D eigenvalue weighted by Gasteiger charge is 2.01. The van der Waals surface area contributed by atoms with Crippen LogP contribution in [0.25, 0.3) is 0 Å². The Bertz CT molecular complexity index is 382. The molecule has 0 aromatic heterocycles. The van der Waals surface area contributed by atoms with E-state index >= 15 is 0 Å². The molecule has 0 fully saturated rings. The Hall–Kier alpha value is -0.740. The number of halogens is 1. The molecule has 0 saturated carbocycles. The van der Waals surface area contributed by atoms with Crippen LogP contribution in [0.15, 0.2) is 22.7 Å². The van der Waals surface area contributed by atoms with Crippen LogP contribution < -0.4 is 0 Å². The van der Waals surface area contributed by atoms with Crippen LogP contribution in [0.2, 0.25) is 0 Å². The minimum Gasteiger partial charge on any atom is -0.103 e. The van der Waals surface area contributed by atoms with Crippen molar-refractivity contribution in [1.29, 1.82) is 0 Å². The number of aryl methyl sites for hydroxylation is 1. The second-order valence-corrected chi connectivity index (χ2v) is 4.72. The van der Waals surface area contributed by atoms with E-state index in [-0.39, 0.29) is 0 Å². The van der Waals surface area contributed by atoms with Gasteiger partial charge in [-0.1, -0.05) is 47.8 Å². The molecule has 0 radical (unpaired) electrons. The summed E-state index contributed by atoms with van der Waals surface area (Å²) in [4.78, 5) is 0. The molecule has 1 heteroatoms. The predicted octanol–water partition coefficient (Wildman–Crippen LogP) is 4.35. The monoisotopic (exact) mass is 264 g/mol. The van der Waals surface area contributed by atoms with E-state index in [4.69, 9.17) is 0 Å². The van der Waals surface area contributed by atoms with Crippen LogP contribution in [0.3, 0.4) is 0 Å². The molecule has 0 aliphatic rings. The zero-order chi connectivity index (χ0) is 11.3. The van der Waals surface area contributed by atoms with Crippen molar-refractivity contribution in [2.75, 3.05) is 0 Å². The molecule has 0 aliphatic carbocycles. The lowest BCUT2D eigenvalue weighted by Gasteiger charge is -2.06. The van der Waals surface area contributed by atoms with Gasteiger partial charge >= 0.3 is 0 Å². The van der Waals surface area contributed by atoms with Crippen molar-refractivity contribution >= 4 is 15.9 Å². The maximum absolute atomic E-state index is 3.51. The lowest BCUT2D eigenvalue weighted by atomic mass is 10.0. The van der Waals surface area contributed by atoms with Gasteiger partial charge in [-0.3, -0.25) is 0 Å². The van der Waals surface area contributed by atoms with Gasteiger partial charge in [0, 0.05) is 16.8 Å². The highest BCUT2D eigenvalue weighted by atomic mass is 79.9. The van der Waals surface area contributed by atoms with Crippen molar-refractivity contribution in [2.45, 2.75) is 33.6 Å². The largest absolute Gasteiger partial charge is 0.103 e. The number of hydrogen-bond donors (Lipinski definition) is 0. The second kappa shape index (κ2) is 5.98. The third kappa shape index (κ3) is 4.10. The molecular formula is C14H17Br. The third-order valence-corrected chi connectivity index (χ3v) is 3.18. The van der Waals surface area contributed by atoms with Crippen molar-refractivity contribution < 1.29 is 0 Å². The fraction of sp³-hybridized carbons (Fsp3) is 0.429. The Balaban J connectivity index is 2.68. The van der Waals surface area contributed by atoms with E-state index in [1.54, 1.807) is 0 Å². The number of hydrogen-bond acceptors (Lipinski definition) is 0. The molecular weight excluding hydrogens is 248 g/mol. The summed E-state index contributed by atoms with van der Waals surface area (Å²) in [7, 11) is 0. The molecule has 1 aromatic rings. The van der Waals surface area contributed by atoms with Crippen molar-refractivity contribution in [3.63, 3.8) is 0 Å². The van der Waals surface area contributed by atoms with Crippen LogP contribution in [0, 0.1) is 24.7 Å². The van der Waals surface area contributed by atoms with Gasteiger partial charge in [0.25, 0.3) is 0 Å². The first-order chi connectivity index (χ1) is 7.13. The Morgan fingerprint density at radius 2 is 2.13 bits per heavy atom. The fourth-order valence-electron chi connectivity index (χ4n) is 1.51. The van der Waals surface area contributed by atoms with E-state index in [1.165, 1.54) is 15.6 Å². The first-order valence-corrected chi connectivity index (χ1v) is 6.16. The zero-order valence-electron chi connectivity index (χ0n) is 9.60. The smallest absolute Gasteiger partial charge is 0.0214 e. The number of benzene rings is 1. The molecule has 0 heterocycles. The molecule has 0 saturated heterocycles. The van der Waals surface area contributed by atoms with Gasteiger partial charge in [-0.2, -0.15) is 0 Å². The average molecular weight is 265 g/mol. The van der Waals surface area contributed by atoms with E-state index in [9.17, 15) is 0 Å². The second-order valence-electron chi connectivity index (χ2n) is 3.86. The molecule has 1 rings (SSSR count). The molecule has 0 nitrogen and oxygen atoms in total. The molecule has 0 N–H and O–H groups in total. The summed E-state index contributed by atoms with van der Waals surface area (Å²) in [5.74, 6) is 6.84. The van der Waals surface area contributed by atoms with Crippen molar-refractivity contribution in [1.82, 2.24) is 0 Å². The molecule has 1 unspecified atom stereocenters. The standard InChI is InChI=1S/C14H17Br/c1-4-5-6-11(2)9-13-7-8-14(15)12(3)10-13/h7-8,10-11H,4,9H2,1-3H3. The van der Waals surface area contributed by atoms with Crippen LogP contribution >= 0.6 is 15.9 Å². The summed E-state index contributed by atoms with van der Waals surface area (Å²) >= 11 is 3.51. The quantitative estimate of drug-likeness (QED) is 0.697. The fourth-order valence-corrected chi connectivity index (χ4v) is 1.76. The minimum absolute atomic E-state index is 0.450. The van der Waals surface area contributed by atoms with E-state index in [2.05, 4.69) is 66.7 Å². The Kier molecular flexibility index (Phi) is 4.91. The number of rotatable bonds is 2. The van der Waals surface area contributed by atoms with Crippen LogP contribution in [0.4, 0.5) is 0 Å². The highest BCUT2D eigenvalue weighted by Crippen LogP contribution is 2.18. The first-order valence-electron chi connectivity index (χ1n) is 5.37. The first kappa shape index (κ1) is 12.3. The van der Waals surface area contributed by atoms with Gasteiger partial charge in [-0.05, 0) is 30.5 Å². The zero-order valence-corrected chi connectivity index (χ0v) is 11.2. The minimum atomic E-state index is 0.450. The van der Waals surface area contributed by atoms with Crippen molar-refractivity contribution in [3.8, 4) is 11.8 Å². The molecule has 0 amide bonds. The summed E-state index contributed by atoms with van der Waals surface area (Å²) in [6, 6.07) is 6.51. The Morgan fingerprint density at radius 1 is 1.40 bits per heavy atom. The molecule has 0 bridgehead atoms.